The minimum Gasteiger partial charge on any atom is -0.351 e. The molecular weight excluding hydrogens is 416 g/mol. The van der Waals surface area contributed by atoms with Gasteiger partial charge in [0.2, 0.25) is 0 Å². The van der Waals surface area contributed by atoms with Crippen LogP contribution in [0.2, 0.25) is 5.02 Å². The predicted molar refractivity (Wildman–Crippen MR) is 109 cm³/mol. The van der Waals surface area contributed by atoms with E-state index in [0.717, 1.165) is 18.4 Å². The molecule has 0 saturated heterocycles. The van der Waals surface area contributed by atoms with Crippen LogP contribution in [0, 0.1) is 0 Å². The van der Waals surface area contributed by atoms with Crippen LogP contribution < -0.4 is 10.6 Å². The van der Waals surface area contributed by atoms with Gasteiger partial charge < -0.3 is 10.6 Å². The average molecular weight is 436 g/mol. The predicted octanol–water partition coefficient (Wildman–Crippen LogP) is 4.79. The molecule has 2 rings (SSSR count). The van der Waals surface area contributed by atoms with E-state index in [4.69, 9.17) is 11.6 Å². The molecule has 0 aliphatic rings. The second-order valence-corrected chi connectivity index (χ2v) is 6.94. The molecule has 2 aromatic rings. The number of hydrogen-bond donors (Lipinski definition) is 2. The number of hydrogen-bond acceptors (Lipinski definition) is 2. The van der Waals surface area contributed by atoms with Gasteiger partial charge in [-0.25, -0.2) is 0 Å². The van der Waals surface area contributed by atoms with Crippen LogP contribution >= 0.6 is 27.5 Å². The Morgan fingerprint density at radius 1 is 1.12 bits per heavy atom. The molecule has 26 heavy (non-hydrogen) atoms. The first-order valence-corrected chi connectivity index (χ1v) is 9.49. The largest absolute Gasteiger partial charge is 0.351 e. The van der Waals surface area contributed by atoms with Gasteiger partial charge in [-0.05, 0) is 58.3 Å². The molecule has 0 aromatic heterocycles. The summed E-state index contributed by atoms with van der Waals surface area (Å²) in [5.74, 6) is -0.683. The lowest BCUT2D eigenvalue weighted by atomic mass is 10.1. The minimum atomic E-state index is -0.358. The lowest BCUT2D eigenvalue weighted by Gasteiger charge is -2.12. The van der Waals surface area contributed by atoms with Gasteiger partial charge in [-0.15, -0.1) is 0 Å². The second-order valence-electron chi connectivity index (χ2n) is 5.65. The molecule has 2 amide bonds. The molecule has 0 atom stereocenters. The number of unbranched alkanes of at least 4 members (excludes halogenated alkanes) is 1. The van der Waals surface area contributed by atoms with E-state index in [1.165, 1.54) is 0 Å². The Balaban J connectivity index is 2.25. The van der Waals surface area contributed by atoms with Gasteiger partial charge in [0.05, 0.1) is 5.56 Å². The van der Waals surface area contributed by atoms with Gasteiger partial charge in [0.25, 0.3) is 11.8 Å². The van der Waals surface area contributed by atoms with Crippen LogP contribution in [0.15, 0.2) is 58.7 Å². The summed E-state index contributed by atoms with van der Waals surface area (Å²) in [6.07, 6.45) is 3.48. The van der Waals surface area contributed by atoms with Crippen molar-refractivity contribution in [2.75, 3.05) is 6.54 Å². The maximum atomic E-state index is 12.6. The van der Waals surface area contributed by atoms with Gasteiger partial charge in [-0.3, -0.25) is 9.59 Å². The summed E-state index contributed by atoms with van der Waals surface area (Å²) < 4.78 is 0.662. The molecule has 0 spiro atoms. The maximum Gasteiger partial charge on any atom is 0.267 e. The van der Waals surface area contributed by atoms with E-state index < -0.39 is 0 Å². The molecule has 0 aliphatic heterocycles. The Labute approximate surface area is 166 Å². The third-order valence-corrected chi connectivity index (χ3v) is 4.55. The SMILES string of the molecule is CCCCNC(=O)/C(=C\c1ccc(Cl)cc1)NC(=O)c1ccccc1Br. The van der Waals surface area contributed by atoms with Crippen LogP contribution in [0.5, 0.6) is 0 Å². The fraction of sp³-hybridized carbons (Fsp3) is 0.200. The van der Waals surface area contributed by atoms with Crippen molar-refractivity contribution in [3.63, 3.8) is 0 Å². The van der Waals surface area contributed by atoms with E-state index in [1.807, 2.05) is 13.0 Å². The molecule has 0 heterocycles. The molecular formula is C20H20BrClN2O2. The van der Waals surface area contributed by atoms with Crippen LogP contribution in [0.4, 0.5) is 0 Å². The zero-order chi connectivity index (χ0) is 18.9. The monoisotopic (exact) mass is 434 g/mol. The normalized spacial score (nSPS) is 11.1. The average Bonchev–Trinajstić information content (AvgIpc) is 2.63. The molecule has 2 N–H and O–H groups in total. The van der Waals surface area contributed by atoms with Gasteiger partial charge in [-0.2, -0.15) is 0 Å². The number of rotatable bonds is 7. The Morgan fingerprint density at radius 3 is 2.46 bits per heavy atom. The standard InChI is InChI=1S/C20H20BrClN2O2/c1-2-3-12-23-20(26)18(13-14-8-10-15(22)11-9-14)24-19(25)16-6-4-5-7-17(16)21/h4-11,13H,2-3,12H2,1H3,(H,23,26)(H,24,25)/b18-13+. The van der Waals surface area contributed by atoms with Gasteiger partial charge in [0, 0.05) is 16.0 Å². The zero-order valence-corrected chi connectivity index (χ0v) is 16.7. The summed E-state index contributed by atoms with van der Waals surface area (Å²) in [6.45, 7) is 2.60. The first-order chi connectivity index (χ1) is 12.5. The van der Waals surface area contributed by atoms with Crippen molar-refractivity contribution in [1.29, 1.82) is 0 Å². The smallest absolute Gasteiger partial charge is 0.267 e. The lowest BCUT2D eigenvalue weighted by Crippen LogP contribution is -2.35. The molecule has 136 valence electrons. The third kappa shape index (κ3) is 6.00. The molecule has 0 bridgehead atoms. The maximum absolute atomic E-state index is 12.6. The summed E-state index contributed by atoms with van der Waals surface area (Å²) in [6, 6.07) is 14.1. The van der Waals surface area contributed by atoms with Crippen LogP contribution in [-0.2, 0) is 4.79 Å². The van der Waals surface area contributed by atoms with E-state index in [0.29, 0.717) is 21.6 Å². The number of halogens is 2. The highest BCUT2D eigenvalue weighted by atomic mass is 79.9. The van der Waals surface area contributed by atoms with Gasteiger partial charge in [0.15, 0.2) is 0 Å². The van der Waals surface area contributed by atoms with Crippen molar-refractivity contribution in [2.24, 2.45) is 0 Å². The van der Waals surface area contributed by atoms with Crippen LogP contribution in [0.25, 0.3) is 6.08 Å². The highest BCUT2D eigenvalue weighted by molar-refractivity contribution is 9.10. The van der Waals surface area contributed by atoms with Crippen molar-refractivity contribution in [1.82, 2.24) is 10.6 Å². The Hall–Kier alpha value is -2.11. The van der Waals surface area contributed by atoms with Crippen molar-refractivity contribution >= 4 is 45.4 Å². The van der Waals surface area contributed by atoms with E-state index in [9.17, 15) is 9.59 Å². The fourth-order valence-corrected chi connectivity index (χ4v) is 2.78. The Morgan fingerprint density at radius 2 is 1.81 bits per heavy atom. The summed E-state index contributed by atoms with van der Waals surface area (Å²) in [4.78, 5) is 25.1. The lowest BCUT2D eigenvalue weighted by molar-refractivity contribution is -0.117. The second kappa shape index (κ2) is 10.1. The van der Waals surface area contributed by atoms with Crippen LogP contribution in [0.3, 0.4) is 0 Å². The topological polar surface area (TPSA) is 58.2 Å². The van der Waals surface area contributed by atoms with E-state index >= 15 is 0 Å². The van der Waals surface area contributed by atoms with E-state index in [2.05, 4.69) is 26.6 Å². The van der Waals surface area contributed by atoms with Crippen LogP contribution in [0.1, 0.15) is 35.7 Å². The first-order valence-electron chi connectivity index (χ1n) is 8.32. The minimum absolute atomic E-state index is 0.184. The van der Waals surface area contributed by atoms with Crippen LogP contribution in [-0.4, -0.2) is 18.4 Å². The van der Waals surface area contributed by atoms with Crippen molar-refractivity contribution < 1.29 is 9.59 Å². The number of carbonyl (C=O) groups is 2. The van der Waals surface area contributed by atoms with Gasteiger partial charge in [0.1, 0.15) is 5.70 Å². The number of amides is 2. The molecule has 0 saturated carbocycles. The van der Waals surface area contributed by atoms with Crippen molar-refractivity contribution in [3.05, 3.63) is 74.9 Å². The van der Waals surface area contributed by atoms with Crippen molar-refractivity contribution in [2.45, 2.75) is 19.8 Å². The number of benzene rings is 2. The Kier molecular flexibility index (Phi) is 7.88. The number of nitrogens with one attached hydrogen (secondary N) is 2. The summed E-state index contributed by atoms with van der Waals surface area (Å²) in [5.41, 5.74) is 1.41. The van der Waals surface area contributed by atoms with Gasteiger partial charge >= 0.3 is 0 Å². The summed E-state index contributed by atoms with van der Waals surface area (Å²) in [5, 5.41) is 6.14. The number of carbonyl (C=O) groups excluding carboxylic acids is 2. The van der Waals surface area contributed by atoms with Crippen molar-refractivity contribution in [3.8, 4) is 0 Å². The highest BCUT2D eigenvalue weighted by Gasteiger charge is 2.16. The van der Waals surface area contributed by atoms with E-state index in [1.54, 1.807) is 48.5 Å². The molecule has 0 radical (unpaired) electrons. The molecule has 4 nitrogen and oxygen atoms in total. The molecule has 6 heteroatoms. The molecule has 0 aliphatic carbocycles. The van der Waals surface area contributed by atoms with E-state index in [-0.39, 0.29) is 17.5 Å². The first kappa shape index (κ1) is 20.2. The fourth-order valence-electron chi connectivity index (χ4n) is 2.19. The quantitative estimate of drug-likeness (QED) is 0.485. The summed E-state index contributed by atoms with van der Waals surface area (Å²) >= 11 is 9.26. The molecule has 0 unspecified atom stereocenters. The molecule has 2 aromatic carbocycles. The Bertz CT molecular complexity index is 804. The third-order valence-electron chi connectivity index (χ3n) is 3.61. The van der Waals surface area contributed by atoms with Gasteiger partial charge in [-0.1, -0.05) is 49.2 Å². The molecule has 0 fully saturated rings. The highest BCUT2D eigenvalue weighted by Crippen LogP contribution is 2.17. The zero-order valence-electron chi connectivity index (χ0n) is 14.4. The summed E-state index contributed by atoms with van der Waals surface area (Å²) in [7, 11) is 0.